The zero-order valence-electron chi connectivity index (χ0n) is 8.76. The fraction of sp³-hybridized carbons (Fsp3) is 0.714. The summed E-state index contributed by atoms with van der Waals surface area (Å²) in [5.41, 5.74) is 4.79. The normalized spacial score (nSPS) is 10.8. The molecule has 2 amide bonds. The molecule has 0 radical (unpaired) electrons. The van der Waals surface area contributed by atoms with E-state index in [0.29, 0.717) is 7.28 Å². The van der Waals surface area contributed by atoms with E-state index in [1.54, 1.807) is 13.8 Å². The molecule has 6 heteroatoms. The molecule has 0 aliphatic rings. The van der Waals surface area contributed by atoms with Gasteiger partial charge in [-0.2, -0.15) is 0 Å². The van der Waals surface area contributed by atoms with Crippen LogP contribution in [0.25, 0.3) is 0 Å². The highest BCUT2D eigenvalue weighted by atomic mass is 16.2. The van der Waals surface area contributed by atoms with E-state index in [-0.39, 0.29) is 11.6 Å². The molecule has 0 heterocycles. The third kappa shape index (κ3) is 3.63. The van der Waals surface area contributed by atoms with E-state index in [4.69, 9.17) is 5.73 Å². The molecular weight excluding hydrogens is 166 g/mol. The Balaban J connectivity index is 4.63. The van der Waals surface area contributed by atoms with Crippen molar-refractivity contribution in [2.45, 2.75) is 32.8 Å². The van der Waals surface area contributed by atoms with Crippen LogP contribution in [0.1, 0.15) is 20.8 Å². The molecule has 72 valence electrons. The van der Waals surface area contributed by atoms with Crippen LogP contribution in [0.5, 0.6) is 0 Å². The van der Waals surface area contributed by atoms with E-state index in [9.17, 15) is 9.59 Å². The molecule has 0 saturated carbocycles. The summed E-state index contributed by atoms with van der Waals surface area (Å²) in [6.07, 6.45) is 0.721. The van der Waals surface area contributed by atoms with Crippen LogP contribution in [0.3, 0.4) is 0 Å². The van der Waals surface area contributed by atoms with Gasteiger partial charge in [0, 0.05) is 0 Å². The van der Waals surface area contributed by atoms with Gasteiger partial charge in [0.15, 0.2) is 11.6 Å². The molecule has 0 aliphatic heterocycles. The van der Waals surface area contributed by atoms with Gasteiger partial charge in [0.1, 0.15) is 0 Å². The van der Waals surface area contributed by atoms with Crippen molar-refractivity contribution in [1.29, 1.82) is 0 Å². The van der Waals surface area contributed by atoms with E-state index >= 15 is 0 Å². The van der Waals surface area contributed by atoms with Crippen molar-refractivity contribution in [3.63, 3.8) is 0 Å². The second-order valence-electron chi connectivity index (χ2n) is 3.65. The van der Waals surface area contributed by atoms with Crippen molar-refractivity contribution in [3.8, 4) is 0 Å². The van der Waals surface area contributed by atoms with Crippen LogP contribution in [0.15, 0.2) is 0 Å². The SMILES string of the molecule is BC(=O)N(C(=O)BCC)C(C)(C)N. The lowest BCUT2D eigenvalue weighted by molar-refractivity contribution is 0.173. The lowest BCUT2D eigenvalue weighted by Gasteiger charge is -2.33. The Bertz CT molecular complexity index is 213. The van der Waals surface area contributed by atoms with Crippen molar-refractivity contribution >= 4 is 26.7 Å². The molecule has 0 saturated heterocycles. The summed E-state index contributed by atoms with van der Waals surface area (Å²) >= 11 is 0. The fourth-order valence-electron chi connectivity index (χ4n) is 1.23. The topological polar surface area (TPSA) is 63.4 Å². The molecular formula is C7H16B2N2O2. The van der Waals surface area contributed by atoms with E-state index in [1.807, 2.05) is 6.92 Å². The zero-order chi connectivity index (χ0) is 10.6. The molecule has 13 heavy (non-hydrogen) atoms. The Morgan fingerprint density at radius 2 is 2.00 bits per heavy atom. The first kappa shape index (κ1) is 12.2. The minimum atomic E-state index is -0.905. The van der Waals surface area contributed by atoms with E-state index in [1.165, 1.54) is 7.85 Å². The van der Waals surface area contributed by atoms with Crippen LogP contribution in [-0.2, 0) is 0 Å². The minimum Gasteiger partial charge on any atom is -0.309 e. The first-order chi connectivity index (χ1) is 5.80. The average Bonchev–Trinajstić information content (AvgIpc) is 1.82. The number of hydrogen-bond acceptors (Lipinski definition) is 3. The summed E-state index contributed by atoms with van der Waals surface area (Å²) in [6.45, 7) is 5.17. The van der Waals surface area contributed by atoms with E-state index in [2.05, 4.69) is 0 Å². The van der Waals surface area contributed by atoms with Crippen LogP contribution < -0.4 is 5.73 Å². The van der Waals surface area contributed by atoms with Crippen LogP contribution in [-0.4, -0.2) is 37.3 Å². The largest absolute Gasteiger partial charge is 0.309 e. The van der Waals surface area contributed by atoms with Gasteiger partial charge in [-0.3, -0.25) is 14.5 Å². The second-order valence-corrected chi connectivity index (χ2v) is 3.65. The van der Waals surface area contributed by atoms with Gasteiger partial charge in [-0.05, 0) is 13.8 Å². The number of carbonyl (C=O) groups is 2. The molecule has 4 nitrogen and oxygen atoms in total. The number of hydrogen-bond donors (Lipinski definition) is 1. The molecule has 0 aromatic heterocycles. The first-order valence-corrected chi connectivity index (χ1v) is 4.43. The summed E-state index contributed by atoms with van der Waals surface area (Å²) in [4.78, 5) is 23.7. The smallest absolute Gasteiger partial charge is 0.234 e. The number of imide groups is 1. The molecule has 0 atom stereocenters. The maximum Gasteiger partial charge on any atom is 0.234 e. The lowest BCUT2D eigenvalue weighted by Crippen LogP contribution is -2.57. The van der Waals surface area contributed by atoms with Gasteiger partial charge >= 0.3 is 0 Å². The second kappa shape index (κ2) is 4.46. The minimum absolute atomic E-state index is 0.206. The maximum atomic E-state index is 11.5. The Labute approximate surface area is 80.5 Å². The van der Waals surface area contributed by atoms with Gasteiger partial charge in [0.2, 0.25) is 15.1 Å². The monoisotopic (exact) mass is 182 g/mol. The Hall–Kier alpha value is -0.770. The van der Waals surface area contributed by atoms with Crippen LogP contribution in [0.2, 0.25) is 6.32 Å². The van der Waals surface area contributed by atoms with Gasteiger partial charge in [-0.25, -0.2) is 0 Å². The summed E-state index contributed by atoms with van der Waals surface area (Å²) in [5, 5.41) is 0. The predicted octanol–water partition coefficient (Wildman–Crippen LogP) is -0.269. The summed E-state index contributed by atoms with van der Waals surface area (Å²) in [5.74, 6) is -0.506. The lowest BCUT2D eigenvalue weighted by atomic mass is 9.73. The molecule has 0 spiro atoms. The standard InChI is InChI=1S/C7H16B2N2O2/c1-4-9-6(13)11(5(8)12)7(2,3)10/h9H,4,8,10H2,1-3H3. The third-order valence-corrected chi connectivity index (χ3v) is 1.60. The van der Waals surface area contributed by atoms with Gasteiger partial charge in [-0.15, -0.1) is 0 Å². The Morgan fingerprint density at radius 3 is 2.23 bits per heavy atom. The fourth-order valence-corrected chi connectivity index (χ4v) is 1.23. The maximum absolute atomic E-state index is 11.5. The first-order valence-electron chi connectivity index (χ1n) is 4.43. The van der Waals surface area contributed by atoms with Crippen LogP contribution >= 0.6 is 0 Å². The molecule has 0 aliphatic carbocycles. The number of carbonyl (C=O) groups excluding carboxylic acids is 2. The number of amides is 2. The van der Waals surface area contributed by atoms with Crippen molar-refractivity contribution in [3.05, 3.63) is 0 Å². The molecule has 0 bridgehead atoms. The van der Waals surface area contributed by atoms with E-state index < -0.39 is 5.66 Å². The molecule has 0 unspecified atom stereocenters. The quantitative estimate of drug-likeness (QED) is 0.482. The average molecular weight is 182 g/mol. The number of nitrogens with two attached hydrogens (primary N) is 1. The Kier molecular flexibility index (Phi) is 4.20. The molecule has 0 aromatic carbocycles. The summed E-state index contributed by atoms with van der Waals surface area (Å²) in [7, 11) is 1.71. The van der Waals surface area contributed by atoms with Gasteiger partial charge in [-0.1, -0.05) is 13.2 Å². The van der Waals surface area contributed by atoms with Crippen LogP contribution in [0, 0.1) is 0 Å². The predicted molar refractivity (Wildman–Crippen MR) is 57.1 cm³/mol. The zero-order valence-corrected chi connectivity index (χ0v) is 8.76. The number of rotatable bonds is 3. The molecule has 0 rings (SSSR count). The third-order valence-electron chi connectivity index (χ3n) is 1.60. The highest BCUT2D eigenvalue weighted by Gasteiger charge is 2.29. The van der Waals surface area contributed by atoms with E-state index in [0.717, 1.165) is 11.2 Å². The summed E-state index contributed by atoms with van der Waals surface area (Å²) < 4.78 is 0. The van der Waals surface area contributed by atoms with Gasteiger partial charge in [0.25, 0.3) is 0 Å². The Morgan fingerprint density at radius 1 is 1.54 bits per heavy atom. The van der Waals surface area contributed by atoms with Gasteiger partial charge in [0.05, 0.1) is 5.66 Å². The van der Waals surface area contributed by atoms with Crippen molar-refractivity contribution in [2.24, 2.45) is 5.73 Å². The molecule has 2 N–H and O–H groups in total. The van der Waals surface area contributed by atoms with Crippen LogP contribution in [0.4, 0.5) is 9.59 Å². The van der Waals surface area contributed by atoms with Crippen molar-refractivity contribution in [1.82, 2.24) is 4.90 Å². The highest BCUT2D eigenvalue weighted by Crippen LogP contribution is 2.08. The van der Waals surface area contributed by atoms with Crippen molar-refractivity contribution < 1.29 is 9.59 Å². The highest BCUT2D eigenvalue weighted by molar-refractivity contribution is 6.76. The summed E-state index contributed by atoms with van der Waals surface area (Å²) in [6, 6.07) is 0. The number of nitrogens with zero attached hydrogens (tertiary/aromatic N) is 1. The molecule has 0 aromatic rings. The molecule has 0 fully saturated rings. The van der Waals surface area contributed by atoms with Crippen molar-refractivity contribution in [2.75, 3.05) is 0 Å². The van der Waals surface area contributed by atoms with Gasteiger partial charge < -0.3 is 5.73 Å².